The first kappa shape index (κ1) is 20.4. The Kier molecular flexibility index (Phi) is 6.95. The summed E-state index contributed by atoms with van der Waals surface area (Å²) in [4.78, 5) is 24.8. The average molecular weight is 393 g/mol. The molecule has 1 aromatic carbocycles. The highest BCUT2D eigenvalue weighted by Gasteiger charge is 2.47. The third kappa shape index (κ3) is 4.85. The fourth-order valence-corrected chi connectivity index (χ4v) is 2.67. The lowest BCUT2D eigenvalue weighted by Gasteiger charge is -2.24. The molecule has 1 aromatic rings. The number of carbonyl (C=O) groups excluding carboxylic acids is 2. The number of ether oxygens (including phenoxy) is 2. The average Bonchev–Trinajstić information content (AvgIpc) is 3.03. The molecule has 0 aliphatic carbocycles. The second kappa shape index (κ2) is 9.18. The van der Waals surface area contributed by atoms with Gasteiger partial charge in [-0.05, 0) is 36.4 Å². The Balaban J connectivity index is 2.46. The van der Waals surface area contributed by atoms with Crippen LogP contribution in [0, 0.1) is 5.92 Å². The molecule has 27 heavy (non-hydrogen) atoms. The van der Waals surface area contributed by atoms with E-state index < -0.39 is 23.9 Å². The van der Waals surface area contributed by atoms with Crippen molar-refractivity contribution in [3.8, 4) is 0 Å². The van der Waals surface area contributed by atoms with E-state index in [0.717, 1.165) is 0 Å². The van der Waals surface area contributed by atoms with E-state index in [1.807, 2.05) is 0 Å². The van der Waals surface area contributed by atoms with Gasteiger partial charge in [0, 0.05) is 25.3 Å². The van der Waals surface area contributed by atoms with E-state index in [2.05, 4.69) is 10.2 Å². The van der Waals surface area contributed by atoms with Crippen LogP contribution in [0.25, 0.3) is 0 Å². The normalized spacial score (nSPS) is 19.4. The predicted octanol–water partition coefficient (Wildman–Crippen LogP) is 1.95. The maximum Gasteiger partial charge on any atom is 0.332 e. The molecule has 0 aromatic heterocycles. The largest absolute Gasteiger partial charge is 0.468 e. The first-order valence-electron chi connectivity index (χ1n) is 8.06. The molecule has 0 amide bonds. The van der Waals surface area contributed by atoms with Gasteiger partial charge in [0.1, 0.15) is 5.92 Å². The summed E-state index contributed by atoms with van der Waals surface area (Å²) in [5.41, 5.74) is 0.950. The molecule has 0 fully saturated rings. The van der Waals surface area contributed by atoms with E-state index in [9.17, 15) is 9.59 Å². The van der Waals surface area contributed by atoms with Gasteiger partial charge in [-0.3, -0.25) is 4.79 Å². The van der Waals surface area contributed by atoms with Gasteiger partial charge in [0.25, 0.3) is 0 Å². The topological polar surface area (TPSA) is 83.8 Å². The standard InChI is InChI=1S/C18H21ClN4O4/c1-22(2)20-11-5-6-14-15(17(24)26-3)16(18(25)27-4)23(21-14)13-9-7-12(19)8-10-13/h5-11,15-16H,1-4H3/b6-5+,20-11+/t15-,16-/m1/s1. The predicted molar refractivity (Wildman–Crippen MR) is 104 cm³/mol. The minimum atomic E-state index is -0.992. The van der Waals surface area contributed by atoms with Gasteiger partial charge in [0.2, 0.25) is 0 Å². The van der Waals surface area contributed by atoms with Crippen LogP contribution in [0.2, 0.25) is 5.02 Å². The van der Waals surface area contributed by atoms with E-state index in [0.29, 0.717) is 16.4 Å². The van der Waals surface area contributed by atoms with Crippen molar-refractivity contribution in [1.82, 2.24) is 5.01 Å². The highest BCUT2D eigenvalue weighted by Crippen LogP contribution is 2.31. The molecule has 0 radical (unpaired) electrons. The lowest BCUT2D eigenvalue weighted by molar-refractivity contribution is -0.150. The van der Waals surface area contributed by atoms with Crippen molar-refractivity contribution in [3.05, 3.63) is 41.4 Å². The minimum absolute atomic E-state index is 0.359. The van der Waals surface area contributed by atoms with Gasteiger partial charge in [-0.1, -0.05) is 11.6 Å². The van der Waals surface area contributed by atoms with Gasteiger partial charge in [-0.25, -0.2) is 9.80 Å². The molecule has 0 N–H and O–H groups in total. The van der Waals surface area contributed by atoms with E-state index >= 15 is 0 Å². The van der Waals surface area contributed by atoms with Crippen molar-refractivity contribution >= 4 is 41.2 Å². The smallest absolute Gasteiger partial charge is 0.332 e. The number of hydrogen-bond donors (Lipinski definition) is 0. The van der Waals surface area contributed by atoms with Gasteiger partial charge >= 0.3 is 11.9 Å². The van der Waals surface area contributed by atoms with Crippen LogP contribution in [-0.4, -0.2) is 63.2 Å². The highest BCUT2D eigenvalue weighted by atomic mass is 35.5. The van der Waals surface area contributed by atoms with Crippen molar-refractivity contribution in [2.75, 3.05) is 33.3 Å². The molecule has 144 valence electrons. The molecule has 1 heterocycles. The van der Waals surface area contributed by atoms with Crippen molar-refractivity contribution in [2.45, 2.75) is 6.04 Å². The molecule has 2 rings (SSSR count). The Morgan fingerprint density at radius 2 is 1.81 bits per heavy atom. The molecule has 2 atom stereocenters. The molecule has 0 bridgehead atoms. The van der Waals surface area contributed by atoms with E-state index in [1.165, 1.54) is 19.2 Å². The van der Waals surface area contributed by atoms with Crippen LogP contribution in [0.1, 0.15) is 0 Å². The molecule has 1 aliphatic heterocycles. The molecular formula is C18H21ClN4O4. The second-order valence-electron chi connectivity index (χ2n) is 5.79. The lowest BCUT2D eigenvalue weighted by atomic mass is 9.95. The third-order valence-electron chi connectivity index (χ3n) is 3.76. The van der Waals surface area contributed by atoms with Crippen molar-refractivity contribution in [1.29, 1.82) is 0 Å². The van der Waals surface area contributed by atoms with Gasteiger partial charge in [0.05, 0.1) is 25.6 Å². The Labute approximate surface area is 162 Å². The van der Waals surface area contributed by atoms with Crippen LogP contribution < -0.4 is 5.01 Å². The summed E-state index contributed by atoms with van der Waals surface area (Å²) in [5, 5.41) is 12.1. The number of nitrogens with zero attached hydrogens (tertiary/aromatic N) is 4. The number of hydrogen-bond acceptors (Lipinski definition) is 8. The molecule has 1 aliphatic rings. The third-order valence-corrected chi connectivity index (χ3v) is 4.01. The van der Waals surface area contributed by atoms with Crippen molar-refractivity contribution < 1.29 is 19.1 Å². The number of halogens is 1. The fourth-order valence-electron chi connectivity index (χ4n) is 2.55. The zero-order valence-corrected chi connectivity index (χ0v) is 16.3. The van der Waals surface area contributed by atoms with E-state index in [-0.39, 0.29) is 0 Å². The van der Waals surface area contributed by atoms with Crippen LogP contribution in [0.5, 0.6) is 0 Å². The number of carbonyl (C=O) groups is 2. The summed E-state index contributed by atoms with van der Waals surface area (Å²) < 4.78 is 9.78. The van der Waals surface area contributed by atoms with Gasteiger partial charge in [0.15, 0.2) is 6.04 Å². The zero-order valence-electron chi connectivity index (χ0n) is 15.5. The first-order chi connectivity index (χ1) is 12.9. The molecule has 0 saturated heterocycles. The fraction of sp³-hybridized carbons (Fsp3) is 0.333. The van der Waals surface area contributed by atoms with Crippen molar-refractivity contribution in [2.24, 2.45) is 16.1 Å². The summed E-state index contributed by atoms with van der Waals surface area (Å²) in [7, 11) is 6.08. The number of esters is 2. The lowest BCUT2D eigenvalue weighted by Crippen LogP contribution is -2.44. The molecular weight excluding hydrogens is 372 g/mol. The molecule has 0 unspecified atom stereocenters. The van der Waals surface area contributed by atoms with Crippen LogP contribution >= 0.6 is 11.6 Å². The second-order valence-corrected chi connectivity index (χ2v) is 6.22. The van der Waals surface area contributed by atoms with Gasteiger partial charge in [-0.15, -0.1) is 0 Å². The Morgan fingerprint density at radius 3 is 2.37 bits per heavy atom. The van der Waals surface area contributed by atoms with E-state index in [4.69, 9.17) is 21.1 Å². The molecule has 8 nitrogen and oxygen atoms in total. The summed E-state index contributed by atoms with van der Waals surface area (Å²) in [6.07, 6.45) is 4.80. The van der Waals surface area contributed by atoms with Crippen LogP contribution in [0.15, 0.2) is 46.6 Å². The number of hydrazone groups is 2. The number of allylic oxidation sites excluding steroid dienone is 2. The summed E-state index contributed by atoms with van der Waals surface area (Å²) in [5.74, 6) is -2.13. The number of benzene rings is 1. The summed E-state index contributed by atoms with van der Waals surface area (Å²) >= 11 is 5.94. The van der Waals surface area contributed by atoms with Crippen molar-refractivity contribution in [3.63, 3.8) is 0 Å². The zero-order chi connectivity index (χ0) is 20.0. The maximum absolute atomic E-state index is 12.4. The number of rotatable bonds is 6. The molecule has 0 spiro atoms. The number of anilines is 1. The first-order valence-corrected chi connectivity index (χ1v) is 8.43. The minimum Gasteiger partial charge on any atom is -0.468 e. The highest BCUT2D eigenvalue weighted by molar-refractivity contribution is 6.30. The van der Waals surface area contributed by atoms with Gasteiger partial charge < -0.3 is 14.5 Å². The summed E-state index contributed by atoms with van der Waals surface area (Å²) in [6, 6.07) is 5.76. The monoisotopic (exact) mass is 392 g/mol. The summed E-state index contributed by atoms with van der Waals surface area (Å²) in [6.45, 7) is 0. The van der Waals surface area contributed by atoms with Crippen LogP contribution in [0.3, 0.4) is 0 Å². The Morgan fingerprint density at radius 1 is 1.19 bits per heavy atom. The van der Waals surface area contributed by atoms with E-state index in [1.54, 1.807) is 61.7 Å². The Hall–Kier alpha value is -2.87. The maximum atomic E-state index is 12.4. The van der Waals surface area contributed by atoms with Crippen LogP contribution in [0.4, 0.5) is 5.69 Å². The molecule has 0 saturated carbocycles. The number of methoxy groups -OCH3 is 2. The van der Waals surface area contributed by atoms with Gasteiger partial charge in [-0.2, -0.15) is 10.2 Å². The quantitative estimate of drug-likeness (QED) is 0.418. The Bertz CT molecular complexity index is 774. The SMILES string of the molecule is COC(=O)[C@@H]1C(/C=C/C=N/N(C)C)=NN(c2ccc(Cl)cc2)[C@H]1C(=O)OC. The molecule has 9 heteroatoms. The van der Waals surface area contributed by atoms with Crippen LogP contribution in [-0.2, 0) is 19.1 Å².